The molecule has 1 aromatic carbocycles. The van der Waals surface area contributed by atoms with Crippen LogP contribution in [-0.2, 0) is 15.5 Å². The van der Waals surface area contributed by atoms with Crippen molar-refractivity contribution >= 4 is 5.97 Å². The van der Waals surface area contributed by atoms with E-state index < -0.39 is 29.1 Å². The molecule has 0 bridgehead atoms. The lowest BCUT2D eigenvalue weighted by Gasteiger charge is -2.15. The van der Waals surface area contributed by atoms with Crippen molar-refractivity contribution in [3.8, 4) is 0 Å². The van der Waals surface area contributed by atoms with Crippen molar-refractivity contribution in [3.05, 3.63) is 35.4 Å². The van der Waals surface area contributed by atoms with E-state index in [-0.39, 0.29) is 6.61 Å². The van der Waals surface area contributed by atoms with Gasteiger partial charge in [-0.1, -0.05) is 6.07 Å². The molecule has 0 atom stereocenters. The summed E-state index contributed by atoms with van der Waals surface area (Å²) in [5.41, 5.74) is -1.59. The quantitative estimate of drug-likeness (QED) is 0.595. The predicted molar refractivity (Wildman–Crippen MR) is 46.9 cm³/mol. The van der Waals surface area contributed by atoms with E-state index in [1.807, 2.05) is 0 Å². The Hall–Kier alpha value is -1.59. The SMILES string of the molecule is CCOC(=O)C(F)(F)c1c(F)cccc1F. The van der Waals surface area contributed by atoms with Crippen molar-refractivity contribution in [1.29, 1.82) is 0 Å². The molecule has 0 aliphatic rings. The largest absolute Gasteiger partial charge is 0.461 e. The van der Waals surface area contributed by atoms with E-state index >= 15 is 0 Å². The van der Waals surface area contributed by atoms with Crippen molar-refractivity contribution in [2.45, 2.75) is 12.8 Å². The molecule has 2 nitrogen and oxygen atoms in total. The Balaban J connectivity index is 3.21. The van der Waals surface area contributed by atoms with Gasteiger partial charge in [-0.15, -0.1) is 0 Å². The second-order valence-electron chi connectivity index (χ2n) is 2.89. The number of ether oxygens (including phenoxy) is 1. The van der Waals surface area contributed by atoms with Crippen LogP contribution in [-0.4, -0.2) is 12.6 Å². The summed E-state index contributed by atoms with van der Waals surface area (Å²) in [7, 11) is 0. The number of esters is 1. The molecule has 0 aliphatic heterocycles. The Bertz CT molecular complexity index is 384. The first-order chi connectivity index (χ1) is 7.41. The first kappa shape index (κ1) is 12.5. The third kappa shape index (κ3) is 2.15. The second kappa shape index (κ2) is 4.51. The number of hydrogen-bond donors (Lipinski definition) is 0. The zero-order valence-electron chi connectivity index (χ0n) is 8.27. The zero-order valence-corrected chi connectivity index (χ0v) is 8.27. The molecule has 88 valence electrons. The molecule has 16 heavy (non-hydrogen) atoms. The summed E-state index contributed by atoms with van der Waals surface area (Å²) in [4.78, 5) is 10.9. The maximum absolute atomic E-state index is 13.3. The highest BCUT2D eigenvalue weighted by atomic mass is 19.3. The third-order valence-electron chi connectivity index (χ3n) is 1.81. The molecule has 0 aromatic heterocycles. The molecule has 0 N–H and O–H groups in total. The number of halogens is 4. The highest BCUT2D eigenvalue weighted by Gasteiger charge is 2.47. The van der Waals surface area contributed by atoms with Gasteiger partial charge in [-0.25, -0.2) is 13.6 Å². The van der Waals surface area contributed by atoms with Gasteiger partial charge in [0.05, 0.1) is 6.61 Å². The highest BCUT2D eigenvalue weighted by Crippen LogP contribution is 2.33. The molecular weight excluding hydrogens is 228 g/mol. The van der Waals surface area contributed by atoms with Gasteiger partial charge in [0.1, 0.15) is 17.2 Å². The minimum absolute atomic E-state index is 0.301. The molecule has 0 heterocycles. The van der Waals surface area contributed by atoms with Crippen LogP contribution >= 0.6 is 0 Å². The van der Waals surface area contributed by atoms with Gasteiger partial charge in [-0.2, -0.15) is 8.78 Å². The molecule has 1 aromatic rings. The van der Waals surface area contributed by atoms with Crippen LogP contribution in [0.5, 0.6) is 0 Å². The fourth-order valence-electron chi connectivity index (χ4n) is 1.12. The third-order valence-corrected chi connectivity index (χ3v) is 1.81. The average molecular weight is 236 g/mol. The van der Waals surface area contributed by atoms with Gasteiger partial charge in [0.15, 0.2) is 0 Å². The molecule has 0 saturated carbocycles. The summed E-state index contributed by atoms with van der Waals surface area (Å²) < 4.78 is 56.7. The lowest BCUT2D eigenvalue weighted by atomic mass is 10.1. The molecule has 0 saturated heterocycles. The van der Waals surface area contributed by atoms with Crippen molar-refractivity contribution in [3.63, 3.8) is 0 Å². The summed E-state index contributed by atoms with van der Waals surface area (Å²) in [6.07, 6.45) is 0. The Morgan fingerprint density at radius 2 is 1.81 bits per heavy atom. The van der Waals surface area contributed by atoms with Crippen molar-refractivity contribution in [2.75, 3.05) is 6.61 Å². The maximum atomic E-state index is 13.3. The molecule has 0 spiro atoms. The summed E-state index contributed by atoms with van der Waals surface area (Å²) in [5.74, 6) is -9.28. The van der Waals surface area contributed by atoms with Crippen LogP contribution < -0.4 is 0 Å². The lowest BCUT2D eigenvalue weighted by molar-refractivity contribution is -0.173. The zero-order chi connectivity index (χ0) is 12.3. The van der Waals surface area contributed by atoms with E-state index in [2.05, 4.69) is 4.74 Å². The lowest BCUT2D eigenvalue weighted by Crippen LogP contribution is -2.30. The normalized spacial score (nSPS) is 11.3. The Kier molecular flexibility index (Phi) is 3.51. The minimum atomic E-state index is -4.33. The first-order valence-corrected chi connectivity index (χ1v) is 4.40. The van der Waals surface area contributed by atoms with E-state index in [4.69, 9.17) is 0 Å². The van der Waals surface area contributed by atoms with Crippen LogP contribution in [0, 0.1) is 11.6 Å². The van der Waals surface area contributed by atoms with Crippen molar-refractivity contribution in [2.24, 2.45) is 0 Å². The van der Waals surface area contributed by atoms with Crippen LogP contribution in [0.1, 0.15) is 12.5 Å². The first-order valence-electron chi connectivity index (χ1n) is 4.40. The molecule has 0 amide bonds. The van der Waals surface area contributed by atoms with Crippen LogP contribution in [0.15, 0.2) is 18.2 Å². The van der Waals surface area contributed by atoms with E-state index in [0.717, 1.165) is 6.07 Å². The van der Waals surface area contributed by atoms with Gasteiger partial charge in [0.2, 0.25) is 0 Å². The van der Waals surface area contributed by atoms with E-state index in [0.29, 0.717) is 12.1 Å². The molecule has 1 rings (SSSR count). The van der Waals surface area contributed by atoms with Crippen LogP contribution in [0.2, 0.25) is 0 Å². The number of carbonyl (C=O) groups excluding carboxylic acids is 1. The predicted octanol–water partition coefficient (Wildman–Crippen LogP) is 2.62. The summed E-state index contributed by atoms with van der Waals surface area (Å²) in [6, 6.07) is 2.21. The van der Waals surface area contributed by atoms with Gasteiger partial charge in [0.25, 0.3) is 0 Å². The molecule has 0 radical (unpaired) electrons. The number of rotatable bonds is 3. The van der Waals surface area contributed by atoms with Gasteiger partial charge >= 0.3 is 11.9 Å². The molecular formula is C10H8F4O2. The minimum Gasteiger partial charge on any atom is -0.461 e. The van der Waals surface area contributed by atoms with E-state index in [9.17, 15) is 22.4 Å². The van der Waals surface area contributed by atoms with Crippen molar-refractivity contribution < 1.29 is 27.1 Å². The average Bonchev–Trinajstić information content (AvgIpc) is 2.17. The summed E-state index contributed by atoms with van der Waals surface area (Å²) in [6.45, 7) is 1.01. The Morgan fingerprint density at radius 1 is 1.31 bits per heavy atom. The topological polar surface area (TPSA) is 26.3 Å². The van der Waals surface area contributed by atoms with Crippen LogP contribution in [0.3, 0.4) is 0 Å². The molecule has 0 unspecified atom stereocenters. The fourth-order valence-corrected chi connectivity index (χ4v) is 1.12. The Morgan fingerprint density at radius 3 is 2.25 bits per heavy atom. The second-order valence-corrected chi connectivity index (χ2v) is 2.89. The number of hydrogen-bond acceptors (Lipinski definition) is 2. The maximum Gasteiger partial charge on any atom is 0.382 e. The monoisotopic (exact) mass is 236 g/mol. The van der Waals surface area contributed by atoms with Gasteiger partial charge < -0.3 is 4.74 Å². The van der Waals surface area contributed by atoms with Crippen LogP contribution in [0.25, 0.3) is 0 Å². The molecule has 6 heteroatoms. The van der Waals surface area contributed by atoms with Gasteiger partial charge in [-0.05, 0) is 19.1 Å². The molecule has 0 aliphatic carbocycles. The standard InChI is InChI=1S/C10H8F4O2/c1-2-16-9(15)10(13,14)8-6(11)4-3-5-7(8)12/h3-5H,2H2,1H3. The summed E-state index contributed by atoms with van der Waals surface area (Å²) in [5, 5.41) is 0. The van der Waals surface area contributed by atoms with Gasteiger partial charge in [0, 0.05) is 0 Å². The molecule has 0 fully saturated rings. The highest BCUT2D eigenvalue weighted by molar-refractivity contribution is 5.79. The van der Waals surface area contributed by atoms with E-state index in [1.165, 1.54) is 6.92 Å². The number of carbonyl (C=O) groups is 1. The fraction of sp³-hybridized carbons (Fsp3) is 0.300. The Labute approximate surface area is 88.8 Å². The number of benzene rings is 1. The van der Waals surface area contributed by atoms with Gasteiger partial charge in [-0.3, -0.25) is 0 Å². The number of alkyl halides is 2. The summed E-state index contributed by atoms with van der Waals surface area (Å²) >= 11 is 0. The smallest absolute Gasteiger partial charge is 0.382 e. The van der Waals surface area contributed by atoms with Crippen LogP contribution in [0.4, 0.5) is 17.6 Å². The van der Waals surface area contributed by atoms with E-state index in [1.54, 1.807) is 0 Å². The van der Waals surface area contributed by atoms with Crippen molar-refractivity contribution in [1.82, 2.24) is 0 Å².